The lowest BCUT2D eigenvalue weighted by molar-refractivity contribution is 0.0731. The minimum absolute atomic E-state index is 0. The maximum atomic E-state index is 12.8. The molecule has 2 rings (SSSR count). The fourth-order valence-electron chi connectivity index (χ4n) is 2.93. The lowest BCUT2D eigenvalue weighted by Crippen LogP contribution is -2.42. The summed E-state index contributed by atoms with van der Waals surface area (Å²) >= 11 is 1.29. The summed E-state index contributed by atoms with van der Waals surface area (Å²) in [5.74, 6) is 0.764. The van der Waals surface area contributed by atoms with Gasteiger partial charge in [0, 0.05) is 30.6 Å². The Kier molecular flexibility index (Phi) is 11.6. The van der Waals surface area contributed by atoms with Gasteiger partial charge in [-0.1, -0.05) is 20.8 Å². The van der Waals surface area contributed by atoms with Crippen LogP contribution in [0.5, 0.6) is 0 Å². The molecule has 2 N–H and O–H groups in total. The van der Waals surface area contributed by atoms with Crippen LogP contribution in [0.4, 0.5) is 0 Å². The molecule has 1 aliphatic heterocycles. The molecule has 0 amide bonds. The number of halogens is 1. The molecule has 2 heterocycles. The highest BCUT2D eigenvalue weighted by Gasteiger charge is 2.27. The average molecular weight is 573 g/mol. The zero-order valence-electron chi connectivity index (χ0n) is 18.7. The second-order valence-corrected chi connectivity index (χ2v) is 11.9. The number of thiophene rings is 1. The standard InChI is InChI=1S/C20H36N4O3S2.HI/c1-6-21-19(23-16(2)9-10-20(3,4)5)22-15-17-7-8-18(28-17)29(25,26)24-11-13-27-14-12-24;/h7-8,16H,6,9-15H2,1-5H3,(H2,21,22,23);1H. The zero-order valence-corrected chi connectivity index (χ0v) is 22.7. The predicted octanol–water partition coefficient (Wildman–Crippen LogP) is 3.66. The van der Waals surface area contributed by atoms with Crippen LogP contribution >= 0.6 is 35.3 Å². The van der Waals surface area contributed by atoms with Crippen LogP contribution in [0.3, 0.4) is 0 Å². The summed E-state index contributed by atoms with van der Waals surface area (Å²) in [6.07, 6.45) is 2.20. The first-order chi connectivity index (χ1) is 13.6. The molecule has 10 heteroatoms. The van der Waals surface area contributed by atoms with Crippen LogP contribution in [0.25, 0.3) is 0 Å². The molecule has 0 bridgehead atoms. The number of morpholine rings is 1. The molecule has 174 valence electrons. The minimum Gasteiger partial charge on any atom is -0.379 e. The SMILES string of the molecule is CCNC(=NCc1ccc(S(=O)(=O)N2CCOCC2)s1)NC(C)CCC(C)(C)C.I. The fraction of sp³-hybridized carbons (Fsp3) is 0.750. The van der Waals surface area contributed by atoms with Gasteiger partial charge in [-0.2, -0.15) is 4.31 Å². The Morgan fingerprint density at radius 2 is 1.97 bits per heavy atom. The van der Waals surface area contributed by atoms with E-state index in [2.05, 4.69) is 43.3 Å². The van der Waals surface area contributed by atoms with E-state index < -0.39 is 10.0 Å². The number of aliphatic imine (C=N–C) groups is 1. The third-order valence-electron chi connectivity index (χ3n) is 4.65. The summed E-state index contributed by atoms with van der Waals surface area (Å²) in [6.45, 7) is 13.9. The molecule has 1 aliphatic rings. The number of sulfonamides is 1. The maximum Gasteiger partial charge on any atom is 0.252 e. The van der Waals surface area contributed by atoms with Crippen LogP contribution in [0, 0.1) is 5.41 Å². The third kappa shape index (κ3) is 8.97. The first kappa shape index (κ1) is 27.6. The van der Waals surface area contributed by atoms with E-state index in [1.54, 1.807) is 6.07 Å². The molecular weight excluding hydrogens is 535 g/mol. The predicted molar refractivity (Wildman–Crippen MR) is 135 cm³/mol. The molecule has 0 spiro atoms. The summed E-state index contributed by atoms with van der Waals surface area (Å²) in [6, 6.07) is 3.85. The smallest absolute Gasteiger partial charge is 0.252 e. The van der Waals surface area contributed by atoms with Crippen molar-refractivity contribution in [3.05, 3.63) is 17.0 Å². The molecular formula is C20H37IN4O3S2. The summed E-state index contributed by atoms with van der Waals surface area (Å²) in [4.78, 5) is 5.58. The zero-order chi connectivity index (χ0) is 21.5. The number of nitrogens with zero attached hydrogens (tertiary/aromatic N) is 2. The van der Waals surface area contributed by atoms with Crippen molar-refractivity contribution in [2.45, 2.75) is 64.3 Å². The Morgan fingerprint density at radius 1 is 1.30 bits per heavy atom. The van der Waals surface area contributed by atoms with Crippen molar-refractivity contribution in [1.82, 2.24) is 14.9 Å². The van der Waals surface area contributed by atoms with Gasteiger partial charge in [0.25, 0.3) is 10.0 Å². The third-order valence-corrected chi connectivity index (χ3v) is 8.08. The van der Waals surface area contributed by atoms with E-state index in [0.717, 1.165) is 30.2 Å². The van der Waals surface area contributed by atoms with Crippen molar-refractivity contribution >= 4 is 51.3 Å². The van der Waals surface area contributed by atoms with Crippen molar-refractivity contribution in [2.75, 3.05) is 32.8 Å². The lowest BCUT2D eigenvalue weighted by atomic mass is 9.89. The van der Waals surface area contributed by atoms with Crippen molar-refractivity contribution < 1.29 is 13.2 Å². The van der Waals surface area contributed by atoms with Crippen molar-refractivity contribution in [3.63, 3.8) is 0 Å². The second-order valence-electron chi connectivity index (χ2n) is 8.58. The molecule has 0 saturated carbocycles. The van der Waals surface area contributed by atoms with E-state index in [4.69, 9.17) is 4.74 Å². The first-order valence-electron chi connectivity index (χ1n) is 10.3. The molecule has 1 atom stereocenters. The highest BCUT2D eigenvalue weighted by Crippen LogP contribution is 2.26. The molecule has 1 unspecified atom stereocenters. The Bertz CT molecular complexity index is 769. The van der Waals surface area contributed by atoms with Gasteiger partial charge < -0.3 is 15.4 Å². The van der Waals surface area contributed by atoms with Crippen LogP contribution in [-0.4, -0.2) is 57.6 Å². The molecule has 0 aromatic carbocycles. The number of guanidine groups is 1. The van der Waals surface area contributed by atoms with E-state index in [1.807, 2.05) is 13.0 Å². The van der Waals surface area contributed by atoms with Crippen molar-refractivity contribution in [3.8, 4) is 0 Å². The number of hydrogen-bond acceptors (Lipinski definition) is 5. The molecule has 1 aromatic rings. The monoisotopic (exact) mass is 572 g/mol. The molecule has 1 fully saturated rings. The van der Waals surface area contributed by atoms with Gasteiger partial charge in [0.1, 0.15) is 4.21 Å². The summed E-state index contributed by atoms with van der Waals surface area (Å²) in [7, 11) is -3.44. The Morgan fingerprint density at radius 3 is 2.57 bits per heavy atom. The molecule has 30 heavy (non-hydrogen) atoms. The van der Waals surface area contributed by atoms with E-state index >= 15 is 0 Å². The normalized spacial score (nSPS) is 17.3. The summed E-state index contributed by atoms with van der Waals surface area (Å²) < 4.78 is 32.7. The highest BCUT2D eigenvalue weighted by atomic mass is 127. The van der Waals surface area contributed by atoms with Crippen LogP contribution in [0.1, 0.15) is 52.3 Å². The summed E-state index contributed by atoms with van der Waals surface area (Å²) in [5.41, 5.74) is 0.310. The fourth-order valence-corrected chi connectivity index (χ4v) is 5.77. The van der Waals surface area contributed by atoms with Crippen molar-refractivity contribution in [1.29, 1.82) is 0 Å². The van der Waals surface area contributed by atoms with Gasteiger partial charge in [-0.05, 0) is 44.2 Å². The summed E-state index contributed by atoms with van der Waals surface area (Å²) in [5, 5.41) is 6.73. The van der Waals surface area contributed by atoms with Gasteiger partial charge in [-0.15, -0.1) is 35.3 Å². The number of rotatable bonds is 8. The van der Waals surface area contributed by atoms with Gasteiger partial charge >= 0.3 is 0 Å². The molecule has 0 radical (unpaired) electrons. The quantitative estimate of drug-likeness (QED) is 0.282. The first-order valence-corrected chi connectivity index (χ1v) is 12.6. The van der Waals surface area contributed by atoms with Crippen LogP contribution in [-0.2, 0) is 21.3 Å². The van der Waals surface area contributed by atoms with Gasteiger partial charge in [0.15, 0.2) is 5.96 Å². The van der Waals surface area contributed by atoms with Gasteiger partial charge in [-0.3, -0.25) is 0 Å². The minimum atomic E-state index is -3.44. The van der Waals surface area contributed by atoms with Gasteiger partial charge in [-0.25, -0.2) is 13.4 Å². The number of ether oxygens (including phenoxy) is 1. The molecule has 1 saturated heterocycles. The molecule has 7 nitrogen and oxygen atoms in total. The van der Waals surface area contributed by atoms with E-state index in [1.165, 1.54) is 15.6 Å². The van der Waals surface area contributed by atoms with Crippen LogP contribution in [0.15, 0.2) is 21.3 Å². The average Bonchev–Trinajstić information content (AvgIpc) is 3.15. The molecule has 1 aromatic heterocycles. The highest BCUT2D eigenvalue weighted by molar-refractivity contribution is 14.0. The largest absolute Gasteiger partial charge is 0.379 e. The number of hydrogen-bond donors (Lipinski definition) is 2. The van der Waals surface area contributed by atoms with Crippen molar-refractivity contribution in [2.24, 2.45) is 10.4 Å². The Hall–Kier alpha value is -0.430. The van der Waals surface area contributed by atoms with Gasteiger partial charge in [0.05, 0.1) is 19.8 Å². The van der Waals surface area contributed by atoms with E-state index in [0.29, 0.717) is 48.5 Å². The van der Waals surface area contributed by atoms with Crippen LogP contribution < -0.4 is 10.6 Å². The van der Waals surface area contributed by atoms with E-state index in [9.17, 15) is 8.42 Å². The lowest BCUT2D eigenvalue weighted by Gasteiger charge is -2.25. The molecule has 0 aliphatic carbocycles. The second kappa shape index (κ2) is 12.6. The Balaban J connectivity index is 0.00000450. The van der Waals surface area contributed by atoms with Crippen LogP contribution in [0.2, 0.25) is 0 Å². The number of nitrogens with one attached hydrogen (secondary N) is 2. The van der Waals surface area contributed by atoms with E-state index in [-0.39, 0.29) is 24.0 Å². The van der Waals surface area contributed by atoms with Gasteiger partial charge in [0.2, 0.25) is 0 Å². The Labute approximate surface area is 203 Å². The topological polar surface area (TPSA) is 83.0 Å². The maximum absolute atomic E-state index is 12.8.